The molecular weight excluding hydrogens is 266 g/mol. The molecule has 2 unspecified atom stereocenters. The molecule has 18 heavy (non-hydrogen) atoms. The highest BCUT2D eigenvalue weighted by Crippen LogP contribution is 2.42. The van der Waals surface area contributed by atoms with Crippen molar-refractivity contribution in [3.63, 3.8) is 0 Å². The summed E-state index contributed by atoms with van der Waals surface area (Å²) in [5.41, 5.74) is 0. The Bertz CT molecular complexity index is 394. The van der Waals surface area contributed by atoms with E-state index in [1.807, 2.05) is 11.8 Å². The maximum atomic E-state index is 5.41. The van der Waals surface area contributed by atoms with Crippen LogP contribution in [0.15, 0.2) is 4.52 Å². The second-order valence-electron chi connectivity index (χ2n) is 4.88. The summed E-state index contributed by atoms with van der Waals surface area (Å²) in [6, 6.07) is 0. The van der Waals surface area contributed by atoms with Crippen LogP contribution in [-0.2, 0) is 6.42 Å². The first-order chi connectivity index (χ1) is 8.86. The third kappa shape index (κ3) is 2.70. The van der Waals surface area contributed by atoms with E-state index in [1.54, 1.807) is 0 Å². The van der Waals surface area contributed by atoms with Crippen molar-refractivity contribution in [3.05, 3.63) is 11.7 Å². The minimum Gasteiger partial charge on any atom is -0.339 e. The van der Waals surface area contributed by atoms with E-state index in [2.05, 4.69) is 34.1 Å². The Kier molecular flexibility index (Phi) is 4.16. The van der Waals surface area contributed by atoms with Crippen molar-refractivity contribution in [1.82, 2.24) is 15.5 Å². The van der Waals surface area contributed by atoms with Gasteiger partial charge in [-0.05, 0) is 25.4 Å². The van der Waals surface area contributed by atoms with E-state index in [9.17, 15) is 0 Å². The lowest BCUT2D eigenvalue weighted by atomic mass is 10.00. The smallest absolute Gasteiger partial charge is 0.227 e. The normalized spacial score (nSPS) is 29.2. The first kappa shape index (κ1) is 12.8. The van der Waals surface area contributed by atoms with Gasteiger partial charge in [-0.3, -0.25) is 0 Å². The lowest BCUT2D eigenvalue weighted by molar-refractivity contribution is 0.295. The first-order valence-corrected chi connectivity index (χ1v) is 8.73. The van der Waals surface area contributed by atoms with Crippen LogP contribution < -0.4 is 5.32 Å². The van der Waals surface area contributed by atoms with Crippen LogP contribution in [0.25, 0.3) is 0 Å². The molecule has 0 bridgehead atoms. The maximum Gasteiger partial charge on any atom is 0.227 e. The summed E-state index contributed by atoms with van der Waals surface area (Å²) in [6.07, 6.45) is 2.11. The van der Waals surface area contributed by atoms with Gasteiger partial charge in [0.15, 0.2) is 5.82 Å². The molecule has 3 heterocycles. The first-order valence-electron chi connectivity index (χ1n) is 6.63. The van der Waals surface area contributed by atoms with Crippen LogP contribution in [-0.4, -0.2) is 40.0 Å². The number of nitrogens with zero attached hydrogens (tertiary/aromatic N) is 2. The molecule has 2 aliphatic heterocycles. The predicted molar refractivity (Wildman–Crippen MR) is 76.1 cm³/mol. The molecule has 0 amide bonds. The number of nitrogens with one attached hydrogen (secondary N) is 1. The minimum absolute atomic E-state index is 0.422. The third-order valence-electron chi connectivity index (χ3n) is 3.52. The van der Waals surface area contributed by atoms with E-state index in [0.717, 1.165) is 31.2 Å². The summed E-state index contributed by atoms with van der Waals surface area (Å²) < 4.78 is 5.41. The maximum absolute atomic E-state index is 5.41. The van der Waals surface area contributed by atoms with Gasteiger partial charge in [-0.1, -0.05) is 12.1 Å². The van der Waals surface area contributed by atoms with Gasteiger partial charge in [-0.2, -0.15) is 16.7 Å². The van der Waals surface area contributed by atoms with Crippen molar-refractivity contribution in [3.8, 4) is 0 Å². The molecule has 2 aliphatic rings. The van der Waals surface area contributed by atoms with Crippen LogP contribution in [0.5, 0.6) is 0 Å². The van der Waals surface area contributed by atoms with Gasteiger partial charge in [0, 0.05) is 23.2 Å². The topological polar surface area (TPSA) is 51.0 Å². The molecule has 100 valence electrons. The van der Waals surface area contributed by atoms with Crippen molar-refractivity contribution in [2.24, 2.45) is 5.92 Å². The Morgan fingerprint density at radius 3 is 2.89 bits per heavy atom. The lowest BCUT2D eigenvalue weighted by Gasteiger charge is -2.27. The zero-order chi connectivity index (χ0) is 12.4. The standard InChI is InChI=1S/C12H19N3OS2/c1-2-9-11(18-4-3-17-9)12-14-10(16-15-12)5-8-6-13-7-8/h8-9,11,13H,2-7H2,1H3. The number of rotatable bonds is 4. The van der Waals surface area contributed by atoms with E-state index >= 15 is 0 Å². The van der Waals surface area contributed by atoms with Gasteiger partial charge in [-0.15, -0.1) is 11.8 Å². The molecule has 2 fully saturated rings. The average Bonchev–Trinajstić information content (AvgIpc) is 2.82. The minimum atomic E-state index is 0.422. The predicted octanol–water partition coefficient (Wildman–Crippen LogP) is 2.13. The Morgan fingerprint density at radius 1 is 1.33 bits per heavy atom. The number of hydrogen-bond donors (Lipinski definition) is 1. The van der Waals surface area contributed by atoms with E-state index in [1.165, 1.54) is 17.9 Å². The van der Waals surface area contributed by atoms with Crippen molar-refractivity contribution in [1.29, 1.82) is 0 Å². The molecule has 0 radical (unpaired) electrons. The SMILES string of the molecule is CCC1SCCSC1c1noc(CC2CNC2)n1. The van der Waals surface area contributed by atoms with Gasteiger partial charge in [0.25, 0.3) is 0 Å². The van der Waals surface area contributed by atoms with Gasteiger partial charge in [0.05, 0.1) is 5.25 Å². The van der Waals surface area contributed by atoms with E-state index < -0.39 is 0 Å². The van der Waals surface area contributed by atoms with Crippen LogP contribution in [0.2, 0.25) is 0 Å². The molecular formula is C12H19N3OS2. The molecule has 6 heteroatoms. The molecule has 2 saturated heterocycles. The van der Waals surface area contributed by atoms with E-state index in [0.29, 0.717) is 16.4 Å². The van der Waals surface area contributed by atoms with Gasteiger partial charge in [-0.25, -0.2) is 0 Å². The molecule has 1 aromatic heterocycles. The van der Waals surface area contributed by atoms with Crippen LogP contribution >= 0.6 is 23.5 Å². The van der Waals surface area contributed by atoms with Crippen molar-refractivity contribution < 1.29 is 4.52 Å². The van der Waals surface area contributed by atoms with Crippen molar-refractivity contribution in [2.75, 3.05) is 24.6 Å². The monoisotopic (exact) mass is 285 g/mol. The van der Waals surface area contributed by atoms with E-state index in [-0.39, 0.29) is 0 Å². The Balaban J connectivity index is 1.66. The molecule has 4 nitrogen and oxygen atoms in total. The summed E-state index contributed by atoms with van der Waals surface area (Å²) in [4.78, 5) is 4.61. The van der Waals surface area contributed by atoms with Gasteiger partial charge in [0.2, 0.25) is 5.89 Å². The van der Waals surface area contributed by atoms with Gasteiger partial charge in [0.1, 0.15) is 0 Å². The van der Waals surface area contributed by atoms with Crippen LogP contribution in [0.1, 0.15) is 30.3 Å². The fraction of sp³-hybridized carbons (Fsp3) is 0.833. The Labute approximate surface area is 116 Å². The fourth-order valence-corrected chi connectivity index (χ4v) is 5.33. The molecule has 0 aliphatic carbocycles. The lowest BCUT2D eigenvalue weighted by Crippen LogP contribution is -2.43. The molecule has 3 rings (SSSR count). The largest absolute Gasteiger partial charge is 0.339 e. The molecule has 1 aromatic rings. The van der Waals surface area contributed by atoms with Crippen LogP contribution in [0.4, 0.5) is 0 Å². The molecule has 1 N–H and O–H groups in total. The quantitative estimate of drug-likeness (QED) is 0.914. The third-order valence-corrected chi connectivity index (χ3v) is 6.76. The van der Waals surface area contributed by atoms with Crippen molar-refractivity contribution in [2.45, 2.75) is 30.3 Å². The summed E-state index contributed by atoms with van der Waals surface area (Å²) in [7, 11) is 0. The Hall–Kier alpha value is -0.200. The molecule has 0 saturated carbocycles. The summed E-state index contributed by atoms with van der Waals surface area (Å²) in [5, 5.41) is 8.54. The molecule has 0 aromatic carbocycles. The second-order valence-corrected chi connectivity index (χ2v) is 7.48. The second kappa shape index (κ2) is 5.84. The van der Waals surface area contributed by atoms with E-state index in [4.69, 9.17) is 4.52 Å². The van der Waals surface area contributed by atoms with Crippen LogP contribution in [0, 0.1) is 5.92 Å². The molecule has 0 spiro atoms. The fourth-order valence-electron chi connectivity index (χ4n) is 2.35. The Morgan fingerprint density at radius 2 is 2.17 bits per heavy atom. The average molecular weight is 285 g/mol. The van der Waals surface area contributed by atoms with Gasteiger partial charge < -0.3 is 9.84 Å². The summed E-state index contributed by atoms with van der Waals surface area (Å²) in [6.45, 7) is 4.42. The highest BCUT2D eigenvalue weighted by Gasteiger charge is 2.31. The van der Waals surface area contributed by atoms with Gasteiger partial charge >= 0.3 is 0 Å². The number of hydrogen-bond acceptors (Lipinski definition) is 6. The number of aromatic nitrogens is 2. The zero-order valence-corrected chi connectivity index (χ0v) is 12.2. The highest BCUT2D eigenvalue weighted by atomic mass is 32.2. The van der Waals surface area contributed by atoms with Crippen LogP contribution in [0.3, 0.4) is 0 Å². The highest BCUT2D eigenvalue weighted by molar-refractivity contribution is 8.06. The van der Waals surface area contributed by atoms with Crippen molar-refractivity contribution >= 4 is 23.5 Å². The molecule has 2 atom stereocenters. The number of thioether (sulfide) groups is 2. The summed E-state index contributed by atoms with van der Waals surface area (Å²) in [5.74, 6) is 4.87. The summed E-state index contributed by atoms with van der Waals surface area (Å²) >= 11 is 4.04. The zero-order valence-electron chi connectivity index (χ0n) is 10.6.